The normalized spacial score (nSPS) is 11.7. The Morgan fingerprint density at radius 3 is 2.59 bits per heavy atom. The minimum absolute atomic E-state index is 0.230. The SMILES string of the molecule is COc1ccccc1-c1noc(CNc2cc(S(=O)(=O)N(C)C)cc(C)c2C)n1. The molecule has 3 aromatic rings. The minimum Gasteiger partial charge on any atom is -0.496 e. The Morgan fingerprint density at radius 2 is 1.90 bits per heavy atom. The molecule has 3 rings (SSSR count). The van der Waals surface area contributed by atoms with Gasteiger partial charge in [-0.2, -0.15) is 4.98 Å². The summed E-state index contributed by atoms with van der Waals surface area (Å²) in [6, 6.07) is 10.7. The predicted octanol–water partition coefficient (Wildman–Crippen LogP) is 3.22. The number of aromatic nitrogens is 2. The molecule has 0 aliphatic rings. The number of anilines is 1. The van der Waals surface area contributed by atoms with Crippen molar-refractivity contribution in [2.24, 2.45) is 0 Å². The molecular weight excluding hydrogens is 392 g/mol. The number of methoxy groups -OCH3 is 1. The van der Waals surface area contributed by atoms with E-state index in [1.165, 1.54) is 18.4 Å². The summed E-state index contributed by atoms with van der Waals surface area (Å²) < 4.78 is 36.8. The van der Waals surface area contributed by atoms with Gasteiger partial charge in [0.2, 0.25) is 21.7 Å². The third-order valence-electron chi connectivity index (χ3n) is 4.67. The van der Waals surface area contributed by atoms with Gasteiger partial charge in [0.15, 0.2) is 0 Å². The van der Waals surface area contributed by atoms with Gasteiger partial charge in [0.25, 0.3) is 0 Å². The van der Waals surface area contributed by atoms with Gasteiger partial charge in [-0.15, -0.1) is 0 Å². The molecule has 0 saturated heterocycles. The van der Waals surface area contributed by atoms with Crippen molar-refractivity contribution in [2.75, 3.05) is 26.5 Å². The van der Waals surface area contributed by atoms with Crippen LogP contribution in [0.25, 0.3) is 11.4 Å². The van der Waals surface area contributed by atoms with Crippen LogP contribution in [-0.2, 0) is 16.6 Å². The molecule has 0 bridgehead atoms. The number of para-hydroxylation sites is 1. The molecule has 9 heteroatoms. The zero-order chi connectivity index (χ0) is 21.2. The number of nitrogens with zero attached hydrogens (tertiary/aromatic N) is 3. The summed E-state index contributed by atoms with van der Waals surface area (Å²) >= 11 is 0. The van der Waals surface area contributed by atoms with Crippen molar-refractivity contribution in [3.63, 3.8) is 0 Å². The Kier molecular flexibility index (Phi) is 5.90. The molecule has 0 amide bonds. The second kappa shape index (κ2) is 8.22. The van der Waals surface area contributed by atoms with Crippen LogP contribution in [0.4, 0.5) is 5.69 Å². The Hall–Kier alpha value is -2.91. The van der Waals surface area contributed by atoms with Gasteiger partial charge in [0.05, 0.1) is 24.1 Å². The Bertz CT molecular complexity index is 1120. The van der Waals surface area contributed by atoms with Crippen molar-refractivity contribution in [3.05, 3.63) is 53.4 Å². The van der Waals surface area contributed by atoms with E-state index in [0.29, 0.717) is 23.2 Å². The number of rotatable bonds is 7. The van der Waals surface area contributed by atoms with E-state index >= 15 is 0 Å². The van der Waals surface area contributed by atoms with Gasteiger partial charge in [-0.05, 0) is 49.2 Å². The van der Waals surface area contributed by atoms with Crippen LogP contribution in [0.3, 0.4) is 0 Å². The van der Waals surface area contributed by atoms with Crippen LogP contribution in [0.2, 0.25) is 0 Å². The summed E-state index contributed by atoms with van der Waals surface area (Å²) in [5, 5.41) is 7.22. The lowest BCUT2D eigenvalue weighted by atomic mass is 10.1. The number of benzene rings is 2. The van der Waals surface area contributed by atoms with E-state index in [1.54, 1.807) is 19.2 Å². The van der Waals surface area contributed by atoms with Crippen molar-refractivity contribution in [1.29, 1.82) is 0 Å². The molecule has 0 aliphatic carbocycles. The number of hydrogen-bond acceptors (Lipinski definition) is 7. The molecule has 8 nitrogen and oxygen atoms in total. The smallest absolute Gasteiger partial charge is 0.246 e. The Balaban J connectivity index is 1.84. The highest BCUT2D eigenvalue weighted by molar-refractivity contribution is 7.89. The van der Waals surface area contributed by atoms with Crippen molar-refractivity contribution < 1.29 is 17.7 Å². The van der Waals surface area contributed by atoms with Crippen LogP contribution in [0.5, 0.6) is 5.75 Å². The van der Waals surface area contributed by atoms with E-state index in [0.717, 1.165) is 16.7 Å². The second-order valence-electron chi connectivity index (χ2n) is 6.77. The fourth-order valence-electron chi connectivity index (χ4n) is 2.81. The molecule has 1 N–H and O–H groups in total. The number of aryl methyl sites for hydroxylation is 1. The third kappa shape index (κ3) is 4.25. The summed E-state index contributed by atoms with van der Waals surface area (Å²) in [4.78, 5) is 4.64. The molecule has 0 unspecified atom stereocenters. The van der Waals surface area contributed by atoms with Crippen molar-refractivity contribution >= 4 is 15.7 Å². The molecule has 0 aliphatic heterocycles. The molecule has 154 valence electrons. The average molecular weight is 417 g/mol. The number of ether oxygens (including phenoxy) is 1. The first-order chi connectivity index (χ1) is 13.7. The third-order valence-corrected chi connectivity index (χ3v) is 6.46. The van der Waals surface area contributed by atoms with Gasteiger partial charge in [0, 0.05) is 19.8 Å². The maximum absolute atomic E-state index is 12.5. The van der Waals surface area contributed by atoms with E-state index in [4.69, 9.17) is 9.26 Å². The zero-order valence-electron chi connectivity index (χ0n) is 17.1. The lowest BCUT2D eigenvalue weighted by Gasteiger charge is -2.16. The number of nitrogens with one attached hydrogen (secondary N) is 1. The first kappa shape index (κ1) is 20.8. The Labute approximate surface area is 170 Å². The van der Waals surface area contributed by atoms with Crippen LogP contribution in [-0.4, -0.2) is 44.1 Å². The fourth-order valence-corrected chi connectivity index (χ4v) is 3.82. The molecule has 0 fully saturated rings. The van der Waals surface area contributed by atoms with Gasteiger partial charge < -0.3 is 14.6 Å². The van der Waals surface area contributed by atoms with E-state index in [9.17, 15) is 8.42 Å². The van der Waals surface area contributed by atoms with Crippen LogP contribution in [0, 0.1) is 13.8 Å². The summed E-state index contributed by atoms with van der Waals surface area (Å²) in [6.07, 6.45) is 0. The zero-order valence-corrected chi connectivity index (χ0v) is 17.9. The summed E-state index contributed by atoms with van der Waals surface area (Å²) in [5.41, 5.74) is 3.25. The first-order valence-electron chi connectivity index (χ1n) is 8.97. The standard InChI is InChI=1S/C20H24N4O4S/c1-13-10-15(29(25,26)24(3)4)11-17(14(13)2)21-12-19-22-20(23-28-19)16-8-6-7-9-18(16)27-5/h6-11,21H,12H2,1-5H3. The van der Waals surface area contributed by atoms with Gasteiger partial charge >= 0.3 is 0 Å². The maximum atomic E-state index is 12.5. The molecule has 0 spiro atoms. The first-order valence-corrected chi connectivity index (χ1v) is 10.4. The van der Waals surface area contributed by atoms with Crippen molar-refractivity contribution in [3.8, 4) is 17.1 Å². The highest BCUT2D eigenvalue weighted by atomic mass is 32.2. The maximum Gasteiger partial charge on any atom is 0.246 e. The molecule has 1 heterocycles. The quantitative estimate of drug-likeness (QED) is 0.631. The number of hydrogen-bond donors (Lipinski definition) is 1. The van der Waals surface area contributed by atoms with Gasteiger partial charge in [-0.3, -0.25) is 0 Å². The van der Waals surface area contributed by atoms with Crippen LogP contribution >= 0.6 is 0 Å². The van der Waals surface area contributed by atoms with E-state index in [-0.39, 0.29) is 11.4 Å². The summed E-state index contributed by atoms with van der Waals surface area (Å²) in [7, 11) is 1.07. The molecule has 0 atom stereocenters. The second-order valence-corrected chi connectivity index (χ2v) is 8.92. The highest BCUT2D eigenvalue weighted by Gasteiger charge is 2.20. The van der Waals surface area contributed by atoms with Crippen LogP contribution in [0.15, 0.2) is 45.8 Å². The molecule has 0 saturated carbocycles. The summed E-state index contributed by atoms with van der Waals surface area (Å²) in [5.74, 6) is 1.46. The van der Waals surface area contributed by atoms with Gasteiger partial charge in [0.1, 0.15) is 5.75 Å². The lowest BCUT2D eigenvalue weighted by Crippen LogP contribution is -2.22. The largest absolute Gasteiger partial charge is 0.496 e. The van der Waals surface area contributed by atoms with Crippen molar-refractivity contribution in [2.45, 2.75) is 25.3 Å². The highest BCUT2D eigenvalue weighted by Crippen LogP contribution is 2.28. The van der Waals surface area contributed by atoms with Crippen LogP contribution in [0.1, 0.15) is 17.0 Å². The molecule has 0 radical (unpaired) electrons. The summed E-state index contributed by atoms with van der Waals surface area (Å²) in [6.45, 7) is 4.06. The fraction of sp³-hybridized carbons (Fsp3) is 0.300. The molecule has 1 aromatic heterocycles. The molecular formula is C20H24N4O4S. The minimum atomic E-state index is -3.53. The van der Waals surface area contributed by atoms with E-state index < -0.39 is 10.0 Å². The monoisotopic (exact) mass is 416 g/mol. The molecule has 2 aromatic carbocycles. The average Bonchev–Trinajstić information content (AvgIpc) is 3.17. The van der Waals surface area contributed by atoms with E-state index in [1.807, 2.05) is 38.1 Å². The van der Waals surface area contributed by atoms with Gasteiger partial charge in [-0.25, -0.2) is 12.7 Å². The predicted molar refractivity (Wildman–Crippen MR) is 110 cm³/mol. The van der Waals surface area contributed by atoms with Gasteiger partial charge in [-0.1, -0.05) is 17.3 Å². The Morgan fingerprint density at radius 1 is 1.17 bits per heavy atom. The van der Waals surface area contributed by atoms with Crippen LogP contribution < -0.4 is 10.1 Å². The lowest BCUT2D eigenvalue weighted by molar-refractivity contribution is 0.383. The van der Waals surface area contributed by atoms with Crippen molar-refractivity contribution in [1.82, 2.24) is 14.4 Å². The molecule has 29 heavy (non-hydrogen) atoms. The van der Waals surface area contributed by atoms with E-state index in [2.05, 4.69) is 15.5 Å². The number of sulfonamides is 1. The topological polar surface area (TPSA) is 97.6 Å².